The Hall–Kier alpha value is -2.94. The van der Waals surface area contributed by atoms with Gasteiger partial charge in [-0.1, -0.05) is 18.2 Å². The highest BCUT2D eigenvalue weighted by Gasteiger charge is 2.34. The van der Waals surface area contributed by atoms with Crippen LogP contribution in [-0.4, -0.2) is 84.2 Å². The smallest absolute Gasteiger partial charge is 0.410 e. The summed E-state index contributed by atoms with van der Waals surface area (Å²) in [4.78, 5) is 40.8. The summed E-state index contributed by atoms with van der Waals surface area (Å²) >= 11 is 0. The average Bonchev–Trinajstić information content (AvgIpc) is 3.20. The Labute approximate surface area is 189 Å². The molecule has 0 radical (unpaired) electrons. The Morgan fingerprint density at radius 1 is 1.09 bits per heavy atom. The van der Waals surface area contributed by atoms with Crippen molar-refractivity contribution in [2.75, 3.05) is 44.3 Å². The number of para-hydroxylation sites is 1. The number of benzene rings is 1. The van der Waals surface area contributed by atoms with Crippen LogP contribution in [0.15, 0.2) is 35.4 Å². The summed E-state index contributed by atoms with van der Waals surface area (Å²) in [6.45, 7) is 10.9. The quantitative estimate of drug-likeness (QED) is 0.722. The van der Waals surface area contributed by atoms with Crippen LogP contribution in [0.25, 0.3) is 0 Å². The molecule has 1 atom stereocenters. The number of piperazine rings is 1. The summed E-state index contributed by atoms with van der Waals surface area (Å²) in [7, 11) is 0. The molecule has 1 fully saturated rings. The minimum Gasteiger partial charge on any atom is -0.444 e. The number of hydrogen-bond donors (Lipinski definition) is 1. The van der Waals surface area contributed by atoms with Gasteiger partial charge in [0.2, 0.25) is 0 Å². The van der Waals surface area contributed by atoms with Crippen LogP contribution in [0, 0.1) is 0 Å². The van der Waals surface area contributed by atoms with Crippen LogP contribution < -0.4 is 10.3 Å². The fourth-order valence-electron chi connectivity index (χ4n) is 3.69. The Bertz CT molecular complexity index is 857. The highest BCUT2D eigenvalue weighted by atomic mass is 16.6. The van der Waals surface area contributed by atoms with Crippen molar-refractivity contribution in [2.45, 2.75) is 45.8 Å². The van der Waals surface area contributed by atoms with Crippen LogP contribution in [0.4, 0.5) is 10.5 Å². The average molecular weight is 444 g/mol. The van der Waals surface area contributed by atoms with Crippen molar-refractivity contribution in [3.05, 3.63) is 30.3 Å². The summed E-state index contributed by atoms with van der Waals surface area (Å²) in [6.07, 6.45) is 0.0117. The van der Waals surface area contributed by atoms with E-state index < -0.39 is 11.6 Å². The molecule has 0 spiro atoms. The normalized spacial score (nSPS) is 19.5. The van der Waals surface area contributed by atoms with E-state index in [1.54, 1.807) is 9.91 Å². The molecule has 9 heteroatoms. The van der Waals surface area contributed by atoms with Crippen molar-refractivity contribution >= 4 is 29.2 Å². The van der Waals surface area contributed by atoms with Crippen molar-refractivity contribution < 1.29 is 19.1 Å². The van der Waals surface area contributed by atoms with Gasteiger partial charge in [-0.05, 0) is 39.8 Å². The molecular formula is C23H33N5O4. The van der Waals surface area contributed by atoms with E-state index in [1.165, 1.54) is 6.92 Å². The molecule has 32 heavy (non-hydrogen) atoms. The van der Waals surface area contributed by atoms with Gasteiger partial charge in [0.15, 0.2) is 5.78 Å². The van der Waals surface area contributed by atoms with Gasteiger partial charge in [0.1, 0.15) is 17.4 Å². The predicted molar refractivity (Wildman–Crippen MR) is 123 cm³/mol. The van der Waals surface area contributed by atoms with Crippen molar-refractivity contribution in [3.63, 3.8) is 0 Å². The third-order valence-corrected chi connectivity index (χ3v) is 5.40. The minimum atomic E-state index is -0.501. The van der Waals surface area contributed by atoms with E-state index in [0.717, 1.165) is 18.8 Å². The number of carbonyl (C=O) groups excluding carboxylic acids is 3. The molecule has 174 valence electrons. The van der Waals surface area contributed by atoms with Gasteiger partial charge < -0.3 is 15.0 Å². The maximum absolute atomic E-state index is 12.6. The van der Waals surface area contributed by atoms with E-state index in [4.69, 9.17) is 4.74 Å². The van der Waals surface area contributed by atoms with Crippen LogP contribution >= 0.6 is 0 Å². The van der Waals surface area contributed by atoms with Gasteiger partial charge in [0, 0.05) is 45.7 Å². The summed E-state index contributed by atoms with van der Waals surface area (Å²) < 4.78 is 5.42. The number of nitrogens with zero attached hydrogens (tertiary/aromatic N) is 4. The van der Waals surface area contributed by atoms with Gasteiger partial charge in [-0.15, -0.1) is 0 Å². The van der Waals surface area contributed by atoms with Gasteiger partial charge in [-0.25, -0.2) is 4.79 Å². The minimum absolute atomic E-state index is 0.0248. The standard InChI is InChI=1S/C23H33N5O4/c1-17(29)20-16-19(25-28(20)18-8-6-5-7-9-18)21(30)24-10-11-26-12-14-27(15-13-26)22(31)32-23(2,3)4/h5-9,20H,10-16H2,1-4H3,(H,24,30). The summed E-state index contributed by atoms with van der Waals surface area (Å²) in [5, 5.41) is 8.98. The number of nitrogens with one attached hydrogen (secondary N) is 1. The third-order valence-electron chi connectivity index (χ3n) is 5.40. The van der Waals surface area contributed by atoms with Crippen LogP contribution in [0.1, 0.15) is 34.1 Å². The van der Waals surface area contributed by atoms with Crippen molar-refractivity contribution in [1.82, 2.24) is 15.1 Å². The van der Waals surface area contributed by atoms with E-state index in [1.807, 2.05) is 51.1 Å². The van der Waals surface area contributed by atoms with Crippen molar-refractivity contribution in [3.8, 4) is 0 Å². The Morgan fingerprint density at radius 3 is 2.34 bits per heavy atom. The molecular weight excluding hydrogens is 410 g/mol. The van der Waals surface area contributed by atoms with Crippen LogP contribution in [0.5, 0.6) is 0 Å². The molecule has 2 aliphatic rings. The fraction of sp³-hybridized carbons (Fsp3) is 0.565. The molecule has 1 saturated heterocycles. The molecule has 1 aromatic rings. The topological polar surface area (TPSA) is 94.5 Å². The summed E-state index contributed by atoms with van der Waals surface area (Å²) in [5.74, 6) is -0.273. The lowest BCUT2D eigenvalue weighted by Gasteiger charge is -2.35. The lowest BCUT2D eigenvalue weighted by atomic mass is 10.1. The molecule has 2 amide bonds. The highest BCUT2D eigenvalue weighted by molar-refractivity contribution is 6.40. The van der Waals surface area contributed by atoms with Gasteiger partial charge in [-0.3, -0.25) is 19.5 Å². The summed E-state index contributed by atoms with van der Waals surface area (Å²) in [5.41, 5.74) is 0.654. The van der Waals surface area contributed by atoms with Gasteiger partial charge >= 0.3 is 6.09 Å². The first kappa shape index (κ1) is 23.7. The van der Waals surface area contributed by atoms with Crippen LogP contribution in [0.3, 0.4) is 0 Å². The van der Waals surface area contributed by atoms with Gasteiger partial charge in [0.05, 0.1) is 5.69 Å². The van der Waals surface area contributed by atoms with E-state index in [9.17, 15) is 14.4 Å². The second kappa shape index (κ2) is 10.1. The zero-order valence-corrected chi connectivity index (χ0v) is 19.3. The van der Waals surface area contributed by atoms with Crippen LogP contribution in [0.2, 0.25) is 0 Å². The first-order chi connectivity index (χ1) is 15.1. The number of hydrogen-bond acceptors (Lipinski definition) is 7. The molecule has 9 nitrogen and oxygen atoms in total. The van der Waals surface area contributed by atoms with Crippen molar-refractivity contribution in [2.24, 2.45) is 5.10 Å². The first-order valence-corrected chi connectivity index (χ1v) is 11.0. The Balaban J connectivity index is 1.45. The number of anilines is 1. The first-order valence-electron chi connectivity index (χ1n) is 11.0. The molecule has 0 aliphatic carbocycles. The Kier molecular flexibility index (Phi) is 7.50. The number of carbonyl (C=O) groups is 3. The SMILES string of the molecule is CC(=O)C1CC(C(=O)NCCN2CCN(C(=O)OC(C)(C)C)CC2)=NN1c1ccccc1. The van der Waals surface area contributed by atoms with Crippen LogP contribution in [-0.2, 0) is 14.3 Å². The van der Waals surface area contributed by atoms with Crippen molar-refractivity contribution in [1.29, 1.82) is 0 Å². The monoisotopic (exact) mass is 443 g/mol. The van der Waals surface area contributed by atoms with E-state index in [0.29, 0.717) is 38.3 Å². The molecule has 0 bridgehead atoms. The summed E-state index contributed by atoms with van der Waals surface area (Å²) in [6, 6.07) is 8.94. The van der Waals surface area contributed by atoms with E-state index in [-0.39, 0.29) is 17.8 Å². The molecule has 2 heterocycles. The molecule has 1 aromatic carbocycles. The molecule has 2 aliphatic heterocycles. The second-order valence-corrected chi connectivity index (χ2v) is 9.12. The lowest BCUT2D eigenvalue weighted by molar-refractivity contribution is -0.118. The number of hydrazone groups is 1. The number of ether oxygens (including phenoxy) is 1. The molecule has 1 unspecified atom stereocenters. The zero-order valence-electron chi connectivity index (χ0n) is 19.3. The van der Waals surface area contributed by atoms with Gasteiger partial charge in [0.25, 0.3) is 5.91 Å². The lowest BCUT2D eigenvalue weighted by Crippen LogP contribution is -2.51. The molecule has 3 rings (SSSR count). The molecule has 0 saturated carbocycles. The largest absolute Gasteiger partial charge is 0.444 e. The third kappa shape index (κ3) is 6.29. The number of ketones is 1. The molecule has 0 aromatic heterocycles. The maximum atomic E-state index is 12.6. The number of amides is 2. The van der Waals surface area contributed by atoms with Gasteiger partial charge in [-0.2, -0.15) is 5.10 Å². The van der Waals surface area contributed by atoms with E-state index in [2.05, 4.69) is 15.3 Å². The number of rotatable bonds is 6. The number of Topliss-reactive ketones (excluding diaryl/α,β-unsaturated/α-hetero) is 1. The second-order valence-electron chi connectivity index (χ2n) is 9.12. The molecule has 1 N–H and O–H groups in total. The van der Waals surface area contributed by atoms with E-state index >= 15 is 0 Å². The maximum Gasteiger partial charge on any atom is 0.410 e. The fourth-order valence-corrected chi connectivity index (χ4v) is 3.69. The zero-order chi connectivity index (χ0) is 23.3. The Morgan fingerprint density at radius 2 is 1.75 bits per heavy atom. The highest BCUT2D eigenvalue weighted by Crippen LogP contribution is 2.25. The predicted octanol–water partition coefficient (Wildman–Crippen LogP) is 1.88.